The van der Waals surface area contributed by atoms with Crippen LogP contribution in [-0.4, -0.2) is 60.4 Å². The Labute approximate surface area is 149 Å². The predicted molar refractivity (Wildman–Crippen MR) is 96.5 cm³/mol. The van der Waals surface area contributed by atoms with E-state index in [0.717, 1.165) is 5.70 Å². The Morgan fingerprint density at radius 1 is 1.32 bits per heavy atom. The highest BCUT2D eigenvalue weighted by Gasteiger charge is 2.29. The van der Waals surface area contributed by atoms with E-state index in [4.69, 9.17) is 9.47 Å². The molecule has 0 spiro atoms. The fraction of sp³-hybridized carbons (Fsp3) is 0.556. The monoisotopic (exact) mass is 351 g/mol. The smallest absolute Gasteiger partial charge is 0.408 e. The number of methoxy groups -OCH3 is 1. The first-order valence-corrected chi connectivity index (χ1v) is 8.19. The lowest BCUT2D eigenvalue weighted by molar-refractivity contribution is -0.143. The number of esters is 1. The van der Waals surface area contributed by atoms with Crippen LogP contribution >= 0.6 is 0 Å². The Balaban J connectivity index is 2.86. The molecule has 0 saturated heterocycles. The molecule has 25 heavy (non-hydrogen) atoms. The zero-order valence-corrected chi connectivity index (χ0v) is 15.6. The predicted octanol–water partition coefficient (Wildman–Crippen LogP) is 2.23. The van der Waals surface area contributed by atoms with E-state index >= 15 is 0 Å². The largest absolute Gasteiger partial charge is 0.467 e. The molecular weight excluding hydrogens is 322 g/mol. The van der Waals surface area contributed by atoms with Gasteiger partial charge in [-0.15, -0.1) is 13.2 Å². The number of ether oxygens (including phenoxy) is 2. The van der Waals surface area contributed by atoms with Crippen LogP contribution in [0.5, 0.6) is 0 Å². The van der Waals surface area contributed by atoms with Gasteiger partial charge >= 0.3 is 12.1 Å². The number of hydrogen-bond acceptors (Lipinski definition) is 6. The molecule has 0 aromatic carbocycles. The van der Waals surface area contributed by atoms with Crippen molar-refractivity contribution in [2.24, 2.45) is 0 Å². The van der Waals surface area contributed by atoms with Crippen LogP contribution in [0.15, 0.2) is 37.2 Å². The molecule has 0 aromatic heterocycles. The summed E-state index contributed by atoms with van der Waals surface area (Å²) in [7, 11) is 1.29. The highest BCUT2D eigenvalue weighted by Crippen LogP contribution is 2.21. The van der Waals surface area contributed by atoms with Crippen molar-refractivity contribution in [1.29, 1.82) is 0 Å². The number of nitrogens with one attached hydrogen (secondary N) is 1. The maximum absolute atomic E-state index is 12.1. The molecule has 7 heteroatoms. The zero-order valence-electron chi connectivity index (χ0n) is 15.6. The molecular formula is C18H29N3O4. The fourth-order valence-electron chi connectivity index (χ4n) is 2.43. The highest BCUT2D eigenvalue weighted by atomic mass is 16.6. The van der Waals surface area contributed by atoms with Crippen LogP contribution in [0.4, 0.5) is 4.79 Å². The number of amides is 1. The maximum Gasteiger partial charge on any atom is 0.408 e. The van der Waals surface area contributed by atoms with E-state index in [9.17, 15) is 9.59 Å². The summed E-state index contributed by atoms with van der Waals surface area (Å²) in [5.74, 6) is -0.521. The van der Waals surface area contributed by atoms with Gasteiger partial charge in [0, 0.05) is 31.4 Å². The van der Waals surface area contributed by atoms with Crippen molar-refractivity contribution < 1.29 is 19.1 Å². The molecule has 0 unspecified atom stereocenters. The third kappa shape index (κ3) is 6.91. The Morgan fingerprint density at radius 2 is 1.96 bits per heavy atom. The minimum absolute atomic E-state index is 0.299. The second kappa shape index (κ2) is 9.15. The SMILES string of the molecule is C=CCN1C=C(C[C@H](NC(=O)OC(C)(C)C)C(=O)OC)N(CC=C)C1. The second-order valence-electron chi connectivity index (χ2n) is 6.76. The maximum atomic E-state index is 12.1. The van der Waals surface area contributed by atoms with Gasteiger partial charge in [-0.05, 0) is 20.8 Å². The molecule has 0 fully saturated rings. The van der Waals surface area contributed by atoms with Crippen LogP contribution in [0.3, 0.4) is 0 Å². The first kappa shape index (κ1) is 20.6. The van der Waals surface area contributed by atoms with Crippen LogP contribution in [-0.2, 0) is 14.3 Å². The summed E-state index contributed by atoms with van der Waals surface area (Å²) >= 11 is 0. The van der Waals surface area contributed by atoms with E-state index in [-0.39, 0.29) is 0 Å². The summed E-state index contributed by atoms with van der Waals surface area (Å²) in [6, 6.07) is -0.831. The molecule has 1 heterocycles. The minimum atomic E-state index is -0.831. The van der Waals surface area contributed by atoms with Crippen molar-refractivity contribution in [3.63, 3.8) is 0 Å². The van der Waals surface area contributed by atoms with Gasteiger partial charge < -0.3 is 24.6 Å². The average Bonchev–Trinajstić information content (AvgIpc) is 2.86. The Hall–Kier alpha value is -2.44. The van der Waals surface area contributed by atoms with E-state index in [0.29, 0.717) is 26.2 Å². The summed E-state index contributed by atoms with van der Waals surface area (Å²) in [6.07, 6.45) is 5.20. The van der Waals surface area contributed by atoms with E-state index in [1.54, 1.807) is 26.8 Å². The Bertz CT molecular complexity index is 537. The second-order valence-corrected chi connectivity index (χ2v) is 6.76. The van der Waals surface area contributed by atoms with Crippen LogP contribution < -0.4 is 5.32 Å². The molecule has 1 atom stereocenters. The lowest BCUT2D eigenvalue weighted by Crippen LogP contribution is -2.45. The van der Waals surface area contributed by atoms with Crippen LogP contribution in [0.2, 0.25) is 0 Å². The van der Waals surface area contributed by atoms with Gasteiger partial charge in [-0.3, -0.25) is 0 Å². The third-order valence-corrected chi connectivity index (χ3v) is 3.39. The van der Waals surface area contributed by atoms with Gasteiger partial charge in [0.05, 0.1) is 13.8 Å². The van der Waals surface area contributed by atoms with Gasteiger partial charge in [-0.25, -0.2) is 9.59 Å². The van der Waals surface area contributed by atoms with E-state index < -0.39 is 23.7 Å². The summed E-state index contributed by atoms with van der Waals surface area (Å²) in [4.78, 5) is 28.2. The van der Waals surface area contributed by atoms with Crippen LogP contribution in [0.25, 0.3) is 0 Å². The molecule has 0 aliphatic carbocycles. The zero-order chi connectivity index (χ0) is 19.0. The first-order chi connectivity index (χ1) is 11.7. The molecule has 1 amide bonds. The summed E-state index contributed by atoms with van der Waals surface area (Å²) in [5.41, 5.74) is 0.265. The third-order valence-electron chi connectivity index (χ3n) is 3.39. The van der Waals surface area contributed by atoms with Crippen molar-refractivity contribution in [3.8, 4) is 0 Å². The number of carbonyl (C=O) groups excluding carboxylic acids is 2. The van der Waals surface area contributed by atoms with Gasteiger partial charge in [0.2, 0.25) is 0 Å². The minimum Gasteiger partial charge on any atom is -0.467 e. The molecule has 140 valence electrons. The molecule has 0 aromatic rings. The van der Waals surface area contributed by atoms with E-state index in [1.165, 1.54) is 7.11 Å². The first-order valence-electron chi connectivity index (χ1n) is 8.19. The van der Waals surface area contributed by atoms with Gasteiger partial charge in [0.25, 0.3) is 0 Å². The topological polar surface area (TPSA) is 71.1 Å². The quantitative estimate of drug-likeness (QED) is 0.534. The van der Waals surface area contributed by atoms with Crippen molar-refractivity contribution in [1.82, 2.24) is 15.1 Å². The van der Waals surface area contributed by atoms with Gasteiger partial charge in [0.1, 0.15) is 11.6 Å². The Kier molecular flexibility index (Phi) is 7.54. The summed E-state index contributed by atoms with van der Waals surface area (Å²) in [6.45, 7) is 14.8. The average molecular weight is 351 g/mol. The van der Waals surface area contributed by atoms with Gasteiger partial charge in [0.15, 0.2) is 0 Å². The normalized spacial score (nSPS) is 15.3. The van der Waals surface area contributed by atoms with Crippen LogP contribution in [0, 0.1) is 0 Å². The molecule has 1 aliphatic rings. The molecule has 7 nitrogen and oxygen atoms in total. The van der Waals surface area contributed by atoms with E-state index in [2.05, 4.69) is 28.3 Å². The number of alkyl carbamates (subject to hydrolysis) is 1. The van der Waals surface area contributed by atoms with Crippen LogP contribution in [0.1, 0.15) is 27.2 Å². The van der Waals surface area contributed by atoms with Gasteiger partial charge in [-0.1, -0.05) is 12.2 Å². The van der Waals surface area contributed by atoms with Crippen molar-refractivity contribution in [2.75, 3.05) is 26.9 Å². The summed E-state index contributed by atoms with van der Waals surface area (Å²) in [5, 5.41) is 2.59. The summed E-state index contributed by atoms with van der Waals surface area (Å²) < 4.78 is 10.0. The molecule has 1 aliphatic heterocycles. The molecule has 1 N–H and O–H groups in total. The van der Waals surface area contributed by atoms with Crippen molar-refractivity contribution >= 4 is 12.1 Å². The highest BCUT2D eigenvalue weighted by molar-refractivity contribution is 5.81. The van der Waals surface area contributed by atoms with E-state index in [1.807, 2.05) is 12.3 Å². The lowest BCUT2D eigenvalue weighted by atomic mass is 10.1. The molecule has 0 radical (unpaired) electrons. The molecule has 1 rings (SSSR count). The number of carbonyl (C=O) groups is 2. The standard InChI is InChI=1S/C18H29N3O4/c1-7-9-20-12-14(21(13-20)10-8-2)11-15(16(22)24-6)19-17(23)25-18(3,4)5/h7-8,12,15H,1-2,9-11,13H2,3-6H3,(H,19,23)/t15-/m0/s1. The lowest BCUT2D eigenvalue weighted by Gasteiger charge is -2.25. The number of hydrogen-bond donors (Lipinski definition) is 1. The molecule has 0 bridgehead atoms. The number of rotatable bonds is 8. The molecule has 0 saturated carbocycles. The van der Waals surface area contributed by atoms with Crippen molar-refractivity contribution in [3.05, 3.63) is 37.2 Å². The fourth-order valence-corrected chi connectivity index (χ4v) is 2.43. The number of nitrogens with zero attached hydrogens (tertiary/aromatic N) is 2. The van der Waals surface area contributed by atoms with Crippen molar-refractivity contribution in [2.45, 2.75) is 38.8 Å². The van der Waals surface area contributed by atoms with Gasteiger partial charge in [-0.2, -0.15) is 0 Å². The Morgan fingerprint density at radius 3 is 2.48 bits per heavy atom.